The number of nitrogens with one attached hydrogen (secondary N) is 2. The molecule has 0 amide bonds. The number of aromatic amines is 1. The van der Waals surface area contributed by atoms with Crippen LogP contribution in [0.2, 0.25) is 0 Å². The van der Waals surface area contributed by atoms with Gasteiger partial charge in [0.2, 0.25) is 5.95 Å². The summed E-state index contributed by atoms with van der Waals surface area (Å²) in [6, 6.07) is 14.5. The second-order valence-corrected chi connectivity index (χ2v) is 7.39. The molecule has 5 rings (SSSR count). The summed E-state index contributed by atoms with van der Waals surface area (Å²) in [5, 5.41) is 11.3. The van der Waals surface area contributed by atoms with Crippen LogP contribution in [0.4, 0.5) is 17.3 Å². The number of hydrogen-bond donors (Lipinski definition) is 2. The molecule has 7 heteroatoms. The van der Waals surface area contributed by atoms with E-state index in [0.29, 0.717) is 5.95 Å². The average molecular weight is 385 g/mol. The minimum Gasteiger partial charge on any atom is -0.369 e. The molecule has 4 aromatic rings. The van der Waals surface area contributed by atoms with Crippen LogP contribution in [-0.4, -0.2) is 58.3 Å². The highest BCUT2D eigenvalue weighted by Crippen LogP contribution is 2.28. The first-order valence-corrected chi connectivity index (χ1v) is 9.82. The molecule has 1 saturated heterocycles. The summed E-state index contributed by atoms with van der Waals surface area (Å²) in [7, 11) is 2.17. The van der Waals surface area contributed by atoms with E-state index in [9.17, 15) is 0 Å². The minimum absolute atomic E-state index is 0.587. The quantitative estimate of drug-likeness (QED) is 0.560. The second kappa shape index (κ2) is 7.52. The van der Waals surface area contributed by atoms with Crippen molar-refractivity contribution in [3.63, 3.8) is 0 Å². The molecule has 7 nitrogen and oxygen atoms in total. The van der Waals surface area contributed by atoms with E-state index in [4.69, 9.17) is 4.98 Å². The monoisotopic (exact) mass is 385 g/mol. The lowest BCUT2D eigenvalue weighted by molar-refractivity contribution is 0.313. The third-order valence-corrected chi connectivity index (χ3v) is 5.39. The average Bonchev–Trinajstić information content (AvgIpc) is 3.29. The van der Waals surface area contributed by atoms with Crippen LogP contribution in [0.15, 0.2) is 61.1 Å². The van der Waals surface area contributed by atoms with E-state index in [1.165, 1.54) is 5.69 Å². The van der Waals surface area contributed by atoms with Crippen molar-refractivity contribution in [2.24, 2.45) is 0 Å². The van der Waals surface area contributed by atoms with E-state index in [0.717, 1.165) is 53.9 Å². The van der Waals surface area contributed by atoms with Crippen molar-refractivity contribution in [2.75, 3.05) is 43.4 Å². The molecule has 2 aromatic carbocycles. The Morgan fingerprint density at radius 3 is 2.69 bits per heavy atom. The number of hydrogen-bond acceptors (Lipinski definition) is 6. The van der Waals surface area contributed by atoms with Crippen molar-refractivity contribution in [1.82, 2.24) is 25.1 Å². The first kappa shape index (κ1) is 17.6. The fraction of sp³-hybridized carbons (Fsp3) is 0.227. The summed E-state index contributed by atoms with van der Waals surface area (Å²) in [5.74, 6) is 0.587. The molecule has 146 valence electrons. The Balaban J connectivity index is 1.43. The highest BCUT2D eigenvalue weighted by molar-refractivity contribution is 5.93. The number of aromatic nitrogens is 4. The maximum atomic E-state index is 4.79. The van der Waals surface area contributed by atoms with Crippen LogP contribution in [-0.2, 0) is 0 Å². The largest absolute Gasteiger partial charge is 0.369 e. The summed E-state index contributed by atoms with van der Waals surface area (Å²) in [6.07, 6.45) is 5.55. The molecular weight excluding hydrogens is 362 g/mol. The van der Waals surface area contributed by atoms with Crippen molar-refractivity contribution in [3.8, 4) is 11.1 Å². The molecule has 0 unspecified atom stereocenters. The zero-order valence-electron chi connectivity index (χ0n) is 16.3. The Bertz CT molecular complexity index is 1120. The van der Waals surface area contributed by atoms with Gasteiger partial charge in [0.1, 0.15) is 0 Å². The number of rotatable bonds is 4. The van der Waals surface area contributed by atoms with E-state index >= 15 is 0 Å². The van der Waals surface area contributed by atoms with Crippen molar-refractivity contribution < 1.29 is 0 Å². The van der Waals surface area contributed by atoms with Gasteiger partial charge in [0.25, 0.3) is 0 Å². The predicted octanol–water partition coefficient (Wildman–Crippen LogP) is 3.52. The number of H-pyrrole nitrogens is 1. The van der Waals surface area contributed by atoms with Crippen molar-refractivity contribution in [3.05, 3.63) is 61.1 Å². The number of nitrogens with zero attached hydrogens (tertiary/aromatic N) is 5. The second-order valence-electron chi connectivity index (χ2n) is 7.39. The number of fused-ring (bicyclic) bond motifs is 1. The van der Waals surface area contributed by atoms with Gasteiger partial charge in [-0.05, 0) is 25.2 Å². The van der Waals surface area contributed by atoms with Gasteiger partial charge < -0.3 is 15.1 Å². The van der Waals surface area contributed by atoms with Crippen LogP contribution in [0.25, 0.3) is 22.0 Å². The first-order chi connectivity index (χ1) is 14.3. The lowest BCUT2D eigenvalue weighted by atomic mass is 10.1. The molecule has 2 aromatic heterocycles. The number of benzene rings is 2. The molecule has 0 spiro atoms. The molecule has 1 fully saturated rings. The summed E-state index contributed by atoms with van der Waals surface area (Å²) < 4.78 is 0. The predicted molar refractivity (Wildman–Crippen MR) is 117 cm³/mol. The maximum Gasteiger partial charge on any atom is 0.227 e. The van der Waals surface area contributed by atoms with Gasteiger partial charge in [-0.25, -0.2) is 9.97 Å². The van der Waals surface area contributed by atoms with Gasteiger partial charge in [0, 0.05) is 66.5 Å². The Hall–Kier alpha value is -3.45. The van der Waals surface area contributed by atoms with E-state index < -0.39 is 0 Å². The van der Waals surface area contributed by atoms with Crippen LogP contribution >= 0.6 is 0 Å². The van der Waals surface area contributed by atoms with Crippen LogP contribution in [0, 0.1) is 0 Å². The van der Waals surface area contributed by atoms with Gasteiger partial charge in [-0.2, -0.15) is 5.10 Å². The number of para-hydroxylation sites is 1. The Morgan fingerprint density at radius 2 is 1.86 bits per heavy atom. The lowest BCUT2D eigenvalue weighted by Gasteiger charge is -2.34. The highest BCUT2D eigenvalue weighted by Gasteiger charge is 2.14. The molecule has 3 heterocycles. The minimum atomic E-state index is 0.587. The topological polar surface area (TPSA) is 73.0 Å². The third-order valence-electron chi connectivity index (χ3n) is 5.39. The van der Waals surface area contributed by atoms with Crippen LogP contribution < -0.4 is 10.2 Å². The molecule has 0 bridgehead atoms. The molecule has 0 atom stereocenters. The summed E-state index contributed by atoms with van der Waals surface area (Å²) in [5.41, 5.74) is 5.16. The number of piperazine rings is 1. The van der Waals surface area contributed by atoms with Crippen molar-refractivity contribution in [1.29, 1.82) is 0 Å². The van der Waals surface area contributed by atoms with Gasteiger partial charge in [0.15, 0.2) is 0 Å². The maximum absolute atomic E-state index is 4.79. The van der Waals surface area contributed by atoms with Gasteiger partial charge in [-0.1, -0.05) is 24.3 Å². The fourth-order valence-corrected chi connectivity index (χ4v) is 3.72. The number of likely N-dealkylation sites (N-methyl/N-ethyl adjacent to an activating group) is 1. The Labute approximate surface area is 169 Å². The van der Waals surface area contributed by atoms with Gasteiger partial charge in [0.05, 0.1) is 11.7 Å². The molecular formula is C22H23N7. The number of anilines is 3. The SMILES string of the molecule is CN1CCN(c2cccc(Nc3ncc4cccc(-c5cn[nH]c5)c4n3)c2)CC1. The van der Waals surface area contributed by atoms with Crippen LogP contribution in [0.5, 0.6) is 0 Å². The first-order valence-electron chi connectivity index (χ1n) is 9.82. The standard InChI is InChI=1S/C22H23N7/c1-28-8-10-29(11-9-28)19-6-3-5-18(12-19)26-22-23-13-16-4-2-7-20(21(16)27-22)17-14-24-25-15-17/h2-7,12-15H,8-11H2,1H3,(H,24,25)(H,23,26,27). The molecule has 29 heavy (non-hydrogen) atoms. The molecule has 1 aliphatic rings. The van der Waals surface area contributed by atoms with Crippen LogP contribution in [0.3, 0.4) is 0 Å². The smallest absolute Gasteiger partial charge is 0.227 e. The molecule has 0 radical (unpaired) electrons. The zero-order chi connectivity index (χ0) is 19.6. The van der Waals surface area contributed by atoms with E-state index in [1.54, 1.807) is 0 Å². The fourth-order valence-electron chi connectivity index (χ4n) is 3.72. The highest BCUT2D eigenvalue weighted by atomic mass is 15.2. The van der Waals surface area contributed by atoms with Crippen molar-refractivity contribution >= 4 is 28.2 Å². The van der Waals surface area contributed by atoms with Crippen molar-refractivity contribution in [2.45, 2.75) is 0 Å². The summed E-state index contributed by atoms with van der Waals surface area (Å²) in [6.45, 7) is 4.26. The zero-order valence-corrected chi connectivity index (χ0v) is 16.3. The summed E-state index contributed by atoms with van der Waals surface area (Å²) in [4.78, 5) is 14.1. The van der Waals surface area contributed by atoms with E-state index in [1.807, 2.05) is 30.7 Å². The lowest BCUT2D eigenvalue weighted by Crippen LogP contribution is -2.44. The third kappa shape index (κ3) is 3.64. The molecule has 2 N–H and O–H groups in total. The van der Waals surface area contributed by atoms with E-state index in [2.05, 4.69) is 67.7 Å². The van der Waals surface area contributed by atoms with Crippen LogP contribution in [0.1, 0.15) is 0 Å². The molecule has 0 aliphatic carbocycles. The Kier molecular flexibility index (Phi) is 4.57. The van der Waals surface area contributed by atoms with Gasteiger partial charge >= 0.3 is 0 Å². The molecule has 0 saturated carbocycles. The van der Waals surface area contributed by atoms with Gasteiger partial charge in [-0.15, -0.1) is 0 Å². The molecule has 1 aliphatic heterocycles. The Morgan fingerprint density at radius 1 is 1.00 bits per heavy atom. The normalized spacial score (nSPS) is 15.0. The summed E-state index contributed by atoms with van der Waals surface area (Å²) >= 11 is 0. The van der Waals surface area contributed by atoms with E-state index in [-0.39, 0.29) is 0 Å². The van der Waals surface area contributed by atoms with Gasteiger partial charge in [-0.3, -0.25) is 5.10 Å².